The van der Waals surface area contributed by atoms with E-state index in [9.17, 15) is 26.7 Å². The molecule has 2 rings (SSSR count). The lowest BCUT2D eigenvalue weighted by molar-refractivity contribution is 0.0462. The molecule has 2 nitrogen and oxygen atoms in total. The number of hydrogen-bond donors (Lipinski definition) is 0. The van der Waals surface area contributed by atoms with Crippen molar-refractivity contribution in [2.75, 3.05) is 0 Å². The van der Waals surface area contributed by atoms with Crippen LogP contribution in [0.1, 0.15) is 15.9 Å². The van der Waals surface area contributed by atoms with Crippen LogP contribution in [0.25, 0.3) is 0 Å². The fourth-order valence-electron chi connectivity index (χ4n) is 1.57. The normalized spacial score (nSPS) is 10.5. The predicted octanol–water partition coefficient (Wildman–Crippen LogP) is 3.74. The van der Waals surface area contributed by atoms with Crippen LogP contribution in [0.3, 0.4) is 0 Å². The average molecular weight is 302 g/mol. The van der Waals surface area contributed by atoms with Gasteiger partial charge in [0.15, 0.2) is 23.3 Å². The Bertz CT molecular complexity index is 657. The number of esters is 1. The Hall–Kier alpha value is -2.44. The second kappa shape index (κ2) is 5.90. The maximum Gasteiger partial charge on any atom is 0.338 e. The number of benzene rings is 2. The number of halogens is 5. The average Bonchev–Trinajstić information content (AvgIpc) is 2.51. The largest absolute Gasteiger partial charge is 0.457 e. The van der Waals surface area contributed by atoms with Crippen LogP contribution in [-0.4, -0.2) is 5.97 Å². The van der Waals surface area contributed by atoms with Gasteiger partial charge in [0.1, 0.15) is 6.61 Å². The van der Waals surface area contributed by atoms with Gasteiger partial charge in [0.05, 0.1) is 11.1 Å². The highest BCUT2D eigenvalue weighted by molar-refractivity contribution is 5.89. The van der Waals surface area contributed by atoms with Gasteiger partial charge in [0, 0.05) is 0 Å². The fraction of sp³-hybridized carbons (Fsp3) is 0.0714. The van der Waals surface area contributed by atoms with Crippen LogP contribution in [-0.2, 0) is 11.3 Å². The SMILES string of the molecule is O=C(OCc1c(F)c(F)c(F)c(F)c1F)c1ccccc1. The van der Waals surface area contributed by atoms with E-state index in [2.05, 4.69) is 4.74 Å². The van der Waals surface area contributed by atoms with E-state index in [1.807, 2.05) is 0 Å². The van der Waals surface area contributed by atoms with Gasteiger partial charge in [-0.3, -0.25) is 0 Å². The fourth-order valence-corrected chi connectivity index (χ4v) is 1.57. The minimum atomic E-state index is -2.26. The van der Waals surface area contributed by atoms with Gasteiger partial charge in [0.2, 0.25) is 5.82 Å². The van der Waals surface area contributed by atoms with Gasteiger partial charge in [-0.1, -0.05) is 18.2 Å². The van der Waals surface area contributed by atoms with Gasteiger partial charge in [-0.25, -0.2) is 26.7 Å². The number of carbonyl (C=O) groups is 1. The Morgan fingerprint density at radius 3 is 1.81 bits per heavy atom. The Balaban J connectivity index is 2.23. The van der Waals surface area contributed by atoms with E-state index >= 15 is 0 Å². The number of carbonyl (C=O) groups excluding carboxylic acids is 1. The highest BCUT2D eigenvalue weighted by atomic mass is 19.2. The van der Waals surface area contributed by atoms with E-state index < -0.39 is 47.2 Å². The maximum atomic E-state index is 13.3. The smallest absolute Gasteiger partial charge is 0.338 e. The molecule has 0 radical (unpaired) electrons. The first-order chi connectivity index (χ1) is 9.93. The minimum Gasteiger partial charge on any atom is -0.457 e. The summed E-state index contributed by atoms with van der Waals surface area (Å²) >= 11 is 0. The molecule has 0 fully saturated rings. The first kappa shape index (κ1) is 15.0. The first-order valence-electron chi connectivity index (χ1n) is 5.66. The zero-order valence-corrected chi connectivity index (χ0v) is 10.3. The van der Waals surface area contributed by atoms with E-state index in [1.165, 1.54) is 24.3 Å². The summed E-state index contributed by atoms with van der Waals surface area (Å²) in [5, 5.41) is 0. The van der Waals surface area contributed by atoms with Crippen molar-refractivity contribution < 1.29 is 31.5 Å². The molecule has 110 valence electrons. The molecule has 0 spiro atoms. The standard InChI is InChI=1S/C14H7F5O2/c15-9-8(10(16)12(18)13(19)11(9)17)6-21-14(20)7-4-2-1-3-5-7/h1-5H,6H2. The second-order valence-corrected chi connectivity index (χ2v) is 3.99. The molecule has 0 bridgehead atoms. The number of hydrogen-bond acceptors (Lipinski definition) is 2. The first-order valence-corrected chi connectivity index (χ1v) is 5.66. The van der Waals surface area contributed by atoms with E-state index in [1.54, 1.807) is 6.07 Å². The molecule has 2 aromatic carbocycles. The Morgan fingerprint density at radius 1 is 0.810 bits per heavy atom. The molecular formula is C14H7F5O2. The summed E-state index contributed by atoms with van der Waals surface area (Å²) in [6.45, 7) is -1.07. The summed E-state index contributed by atoms with van der Waals surface area (Å²) in [7, 11) is 0. The molecule has 0 aliphatic carbocycles. The van der Waals surface area contributed by atoms with Crippen LogP contribution in [0, 0.1) is 29.1 Å². The molecule has 0 N–H and O–H groups in total. The van der Waals surface area contributed by atoms with Crippen LogP contribution < -0.4 is 0 Å². The van der Waals surface area contributed by atoms with Gasteiger partial charge in [-0.05, 0) is 12.1 Å². The third-order valence-electron chi connectivity index (χ3n) is 2.66. The van der Waals surface area contributed by atoms with Crippen LogP contribution in [0.2, 0.25) is 0 Å². The van der Waals surface area contributed by atoms with Crippen molar-refractivity contribution in [3.8, 4) is 0 Å². The Labute approximate surface area is 115 Å². The molecule has 0 amide bonds. The molecule has 0 aliphatic rings. The van der Waals surface area contributed by atoms with E-state index in [0.29, 0.717) is 0 Å². The van der Waals surface area contributed by atoms with Crippen molar-refractivity contribution in [1.82, 2.24) is 0 Å². The van der Waals surface area contributed by atoms with E-state index in [-0.39, 0.29) is 5.56 Å². The van der Waals surface area contributed by atoms with Gasteiger partial charge >= 0.3 is 5.97 Å². The van der Waals surface area contributed by atoms with Crippen molar-refractivity contribution in [2.45, 2.75) is 6.61 Å². The molecule has 0 saturated carbocycles. The van der Waals surface area contributed by atoms with Crippen molar-refractivity contribution in [2.24, 2.45) is 0 Å². The van der Waals surface area contributed by atoms with Gasteiger partial charge in [-0.15, -0.1) is 0 Å². The zero-order chi connectivity index (χ0) is 15.6. The predicted molar refractivity (Wildman–Crippen MR) is 61.8 cm³/mol. The third-order valence-corrected chi connectivity index (χ3v) is 2.66. The van der Waals surface area contributed by atoms with Gasteiger partial charge in [0.25, 0.3) is 0 Å². The molecule has 7 heteroatoms. The molecule has 0 atom stereocenters. The van der Waals surface area contributed by atoms with E-state index in [0.717, 1.165) is 0 Å². The third kappa shape index (κ3) is 2.86. The molecule has 0 aliphatic heterocycles. The number of rotatable bonds is 3. The van der Waals surface area contributed by atoms with Gasteiger partial charge in [-0.2, -0.15) is 0 Å². The van der Waals surface area contributed by atoms with Crippen LogP contribution in [0.4, 0.5) is 22.0 Å². The highest BCUT2D eigenvalue weighted by Gasteiger charge is 2.26. The van der Waals surface area contributed by atoms with Crippen molar-refractivity contribution in [3.63, 3.8) is 0 Å². The lowest BCUT2D eigenvalue weighted by Crippen LogP contribution is -2.11. The summed E-state index contributed by atoms with van der Waals surface area (Å²) in [6.07, 6.45) is 0. The summed E-state index contributed by atoms with van der Waals surface area (Å²) < 4.78 is 70.0. The van der Waals surface area contributed by atoms with Crippen LogP contribution in [0.5, 0.6) is 0 Å². The van der Waals surface area contributed by atoms with E-state index in [4.69, 9.17) is 0 Å². The topological polar surface area (TPSA) is 26.3 Å². The van der Waals surface area contributed by atoms with Crippen molar-refractivity contribution in [3.05, 3.63) is 70.5 Å². The monoisotopic (exact) mass is 302 g/mol. The summed E-state index contributed by atoms with van der Waals surface area (Å²) in [4.78, 5) is 11.5. The molecule has 0 saturated heterocycles. The highest BCUT2D eigenvalue weighted by Crippen LogP contribution is 2.23. The quantitative estimate of drug-likeness (QED) is 0.374. The van der Waals surface area contributed by atoms with Crippen LogP contribution >= 0.6 is 0 Å². The molecule has 2 aromatic rings. The maximum absolute atomic E-state index is 13.3. The van der Waals surface area contributed by atoms with Crippen molar-refractivity contribution >= 4 is 5.97 Å². The number of ether oxygens (including phenoxy) is 1. The summed E-state index contributed by atoms with van der Waals surface area (Å²) in [5.41, 5.74) is -1.11. The summed E-state index contributed by atoms with van der Waals surface area (Å²) in [5.74, 6) is -11.4. The molecule has 0 heterocycles. The summed E-state index contributed by atoms with van der Waals surface area (Å²) in [6, 6.07) is 7.42. The lowest BCUT2D eigenvalue weighted by atomic mass is 10.2. The zero-order valence-electron chi connectivity index (χ0n) is 10.3. The molecular weight excluding hydrogens is 295 g/mol. The Morgan fingerprint density at radius 2 is 1.29 bits per heavy atom. The van der Waals surface area contributed by atoms with Crippen LogP contribution in [0.15, 0.2) is 30.3 Å². The van der Waals surface area contributed by atoms with Crippen molar-refractivity contribution in [1.29, 1.82) is 0 Å². The second-order valence-electron chi connectivity index (χ2n) is 3.99. The molecule has 21 heavy (non-hydrogen) atoms. The minimum absolute atomic E-state index is 0.0846. The lowest BCUT2D eigenvalue weighted by Gasteiger charge is -2.09. The Kier molecular flexibility index (Phi) is 4.21. The molecule has 0 aromatic heterocycles. The van der Waals surface area contributed by atoms with Gasteiger partial charge < -0.3 is 4.74 Å². The molecule has 0 unspecified atom stereocenters.